The molecule has 0 bridgehead atoms. The van der Waals surface area contributed by atoms with Gasteiger partial charge in [-0.3, -0.25) is 9.59 Å². The van der Waals surface area contributed by atoms with E-state index in [-0.39, 0.29) is 31.4 Å². The molecule has 2 aromatic rings. The zero-order chi connectivity index (χ0) is 21.2. The molecule has 1 fully saturated rings. The van der Waals surface area contributed by atoms with Crippen LogP contribution in [0.2, 0.25) is 0 Å². The summed E-state index contributed by atoms with van der Waals surface area (Å²) in [6.45, 7) is 0.939. The van der Waals surface area contributed by atoms with E-state index in [0.29, 0.717) is 46.6 Å². The van der Waals surface area contributed by atoms with Gasteiger partial charge in [0.25, 0.3) is 11.8 Å². The summed E-state index contributed by atoms with van der Waals surface area (Å²) in [7, 11) is 0. The maximum atomic E-state index is 12.7. The second-order valence-corrected chi connectivity index (χ2v) is 8.05. The molecule has 2 aromatic carbocycles. The summed E-state index contributed by atoms with van der Waals surface area (Å²) >= 11 is 0. The van der Waals surface area contributed by atoms with Crippen molar-refractivity contribution in [3.05, 3.63) is 47.5 Å². The molecule has 0 saturated heterocycles. The standard InChI is InChI=1S/C23H24N2O6/c26-22(15-4-6-18-20(9-15)30-12-28-18)24-11-14-2-1-3-17(8-14)25-23(27)16-5-7-19-21(10-16)31-13-29-19/h4-7,9-10,14,17H,1-3,8,11-13H2,(H,24,26)(H,25,27). The maximum absolute atomic E-state index is 12.7. The van der Waals surface area contributed by atoms with Crippen LogP contribution in [-0.2, 0) is 0 Å². The van der Waals surface area contributed by atoms with Crippen molar-refractivity contribution in [1.29, 1.82) is 0 Å². The summed E-state index contributed by atoms with van der Waals surface area (Å²) < 4.78 is 21.3. The van der Waals surface area contributed by atoms with E-state index in [1.54, 1.807) is 36.4 Å². The fourth-order valence-electron chi connectivity index (χ4n) is 4.29. The number of carbonyl (C=O) groups excluding carboxylic acids is 2. The Bertz CT molecular complexity index is 1010. The largest absolute Gasteiger partial charge is 0.454 e. The van der Waals surface area contributed by atoms with Crippen LogP contribution in [0, 0.1) is 5.92 Å². The smallest absolute Gasteiger partial charge is 0.251 e. The van der Waals surface area contributed by atoms with Crippen LogP contribution in [0.4, 0.5) is 0 Å². The Labute approximate surface area is 179 Å². The van der Waals surface area contributed by atoms with Gasteiger partial charge in [0.1, 0.15) is 0 Å². The minimum absolute atomic E-state index is 0.0825. The highest BCUT2D eigenvalue weighted by molar-refractivity contribution is 5.95. The van der Waals surface area contributed by atoms with Crippen molar-refractivity contribution in [3.63, 3.8) is 0 Å². The number of hydrogen-bond donors (Lipinski definition) is 2. The Hall–Kier alpha value is -3.42. The first-order valence-corrected chi connectivity index (χ1v) is 10.5. The molecule has 0 spiro atoms. The van der Waals surface area contributed by atoms with Crippen molar-refractivity contribution in [2.75, 3.05) is 20.1 Å². The van der Waals surface area contributed by atoms with Gasteiger partial charge in [-0.1, -0.05) is 6.42 Å². The van der Waals surface area contributed by atoms with E-state index >= 15 is 0 Å². The first kappa shape index (κ1) is 19.5. The van der Waals surface area contributed by atoms with E-state index in [4.69, 9.17) is 18.9 Å². The van der Waals surface area contributed by atoms with Crippen molar-refractivity contribution in [2.45, 2.75) is 31.7 Å². The third-order valence-corrected chi connectivity index (χ3v) is 5.94. The topological polar surface area (TPSA) is 95.1 Å². The number of rotatable bonds is 5. The minimum atomic E-state index is -0.134. The van der Waals surface area contributed by atoms with Crippen LogP contribution in [0.3, 0.4) is 0 Å². The van der Waals surface area contributed by atoms with Gasteiger partial charge in [0, 0.05) is 23.7 Å². The van der Waals surface area contributed by atoms with Gasteiger partial charge in [-0.05, 0) is 61.6 Å². The van der Waals surface area contributed by atoms with Crippen LogP contribution in [0.5, 0.6) is 23.0 Å². The van der Waals surface area contributed by atoms with E-state index in [1.165, 1.54) is 0 Å². The van der Waals surface area contributed by atoms with Gasteiger partial charge < -0.3 is 29.6 Å². The van der Waals surface area contributed by atoms with Crippen LogP contribution < -0.4 is 29.6 Å². The number of hydrogen-bond acceptors (Lipinski definition) is 6. The van der Waals surface area contributed by atoms with Crippen molar-refractivity contribution in [1.82, 2.24) is 10.6 Å². The monoisotopic (exact) mass is 424 g/mol. The molecule has 2 N–H and O–H groups in total. The number of nitrogens with one attached hydrogen (secondary N) is 2. The summed E-state index contributed by atoms with van der Waals surface area (Å²) in [5, 5.41) is 6.14. The summed E-state index contributed by atoms with van der Waals surface area (Å²) in [5.41, 5.74) is 1.11. The molecule has 2 heterocycles. The van der Waals surface area contributed by atoms with Gasteiger partial charge in [0.2, 0.25) is 13.6 Å². The highest BCUT2D eigenvalue weighted by Gasteiger charge is 2.25. The Balaban J connectivity index is 1.13. The van der Waals surface area contributed by atoms with Gasteiger partial charge in [-0.15, -0.1) is 0 Å². The van der Waals surface area contributed by atoms with Crippen molar-refractivity contribution < 1.29 is 28.5 Å². The second kappa shape index (κ2) is 8.37. The van der Waals surface area contributed by atoms with E-state index in [1.807, 2.05) is 0 Å². The van der Waals surface area contributed by atoms with Crippen molar-refractivity contribution in [2.24, 2.45) is 5.92 Å². The normalized spacial score (nSPS) is 20.9. The second-order valence-electron chi connectivity index (χ2n) is 8.05. The molecular formula is C23H24N2O6. The third kappa shape index (κ3) is 4.23. The number of ether oxygens (including phenoxy) is 4. The molecule has 2 aliphatic heterocycles. The molecule has 2 unspecified atom stereocenters. The van der Waals surface area contributed by atoms with Crippen LogP contribution in [0.15, 0.2) is 36.4 Å². The van der Waals surface area contributed by atoms with Crippen LogP contribution >= 0.6 is 0 Å². The molecule has 5 rings (SSSR count). The molecular weight excluding hydrogens is 400 g/mol. The molecule has 3 aliphatic rings. The van der Waals surface area contributed by atoms with E-state index in [0.717, 1.165) is 25.7 Å². The lowest BCUT2D eigenvalue weighted by molar-refractivity contribution is 0.0901. The zero-order valence-electron chi connectivity index (χ0n) is 17.0. The molecule has 2 atom stereocenters. The Morgan fingerprint density at radius 3 is 2.10 bits per heavy atom. The third-order valence-electron chi connectivity index (χ3n) is 5.94. The van der Waals surface area contributed by atoms with Crippen LogP contribution in [-0.4, -0.2) is 38.0 Å². The summed E-state index contributed by atoms with van der Waals surface area (Å²) in [6, 6.07) is 10.5. The quantitative estimate of drug-likeness (QED) is 0.767. The van der Waals surface area contributed by atoms with Gasteiger partial charge in [-0.25, -0.2) is 0 Å². The molecule has 2 amide bonds. The van der Waals surface area contributed by atoms with Crippen molar-refractivity contribution in [3.8, 4) is 23.0 Å². The lowest BCUT2D eigenvalue weighted by Gasteiger charge is -2.30. The Morgan fingerprint density at radius 2 is 1.42 bits per heavy atom. The van der Waals surface area contributed by atoms with Gasteiger partial charge in [0.15, 0.2) is 23.0 Å². The number of benzene rings is 2. The lowest BCUT2D eigenvalue weighted by Crippen LogP contribution is -2.41. The summed E-state index contributed by atoms with van der Waals surface area (Å²) in [5.74, 6) is 2.57. The molecule has 8 heteroatoms. The minimum Gasteiger partial charge on any atom is -0.454 e. The Morgan fingerprint density at radius 1 is 0.806 bits per heavy atom. The molecule has 162 valence electrons. The fraction of sp³-hybridized carbons (Fsp3) is 0.391. The Kier molecular flexibility index (Phi) is 5.28. The number of amides is 2. The summed E-state index contributed by atoms with van der Waals surface area (Å²) in [6.07, 6.45) is 3.80. The highest BCUT2D eigenvalue weighted by atomic mass is 16.7. The van der Waals surface area contributed by atoms with E-state index < -0.39 is 0 Å². The molecule has 1 saturated carbocycles. The average Bonchev–Trinajstić information content (AvgIpc) is 3.45. The predicted octanol–water partition coefficient (Wildman–Crippen LogP) is 2.86. The van der Waals surface area contributed by atoms with Crippen LogP contribution in [0.25, 0.3) is 0 Å². The van der Waals surface area contributed by atoms with Crippen LogP contribution in [0.1, 0.15) is 46.4 Å². The van der Waals surface area contributed by atoms with Gasteiger partial charge >= 0.3 is 0 Å². The van der Waals surface area contributed by atoms with Crippen molar-refractivity contribution >= 4 is 11.8 Å². The zero-order valence-corrected chi connectivity index (χ0v) is 17.0. The molecule has 31 heavy (non-hydrogen) atoms. The number of carbonyl (C=O) groups is 2. The van der Waals surface area contributed by atoms with E-state index in [9.17, 15) is 9.59 Å². The molecule has 8 nitrogen and oxygen atoms in total. The van der Waals surface area contributed by atoms with Gasteiger partial charge in [0.05, 0.1) is 0 Å². The maximum Gasteiger partial charge on any atom is 0.251 e. The molecule has 0 aromatic heterocycles. The fourth-order valence-corrected chi connectivity index (χ4v) is 4.29. The summed E-state index contributed by atoms with van der Waals surface area (Å²) in [4.78, 5) is 25.2. The van der Waals surface area contributed by atoms with Gasteiger partial charge in [-0.2, -0.15) is 0 Å². The average molecular weight is 424 g/mol. The highest BCUT2D eigenvalue weighted by Crippen LogP contribution is 2.33. The number of fused-ring (bicyclic) bond motifs is 2. The predicted molar refractivity (Wildman–Crippen MR) is 111 cm³/mol. The van der Waals surface area contributed by atoms with E-state index in [2.05, 4.69) is 10.6 Å². The first-order chi connectivity index (χ1) is 15.2. The molecule has 1 aliphatic carbocycles. The lowest BCUT2D eigenvalue weighted by atomic mass is 9.85. The first-order valence-electron chi connectivity index (χ1n) is 10.5. The molecule has 0 radical (unpaired) electrons. The SMILES string of the molecule is O=C(NCC1CCCC(NC(=O)c2ccc3c(c2)OCO3)C1)c1ccc2c(c1)OCO2.